The summed E-state index contributed by atoms with van der Waals surface area (Å²) in [5.74, 6) is -4.55. The van der Waals surface area contributed by atoms with Crippen molar-refractivity contribution in [3.63, 3.8) is 0 Å². The van der Waals surface area contributed by atoms with E-state index in [9.17, 15) is 22.8 Å². The summed E-state index contributed by atoms with van der Waals surface area (Å²) in [5.41, 5.74) is 0.0935. The number of carboxylic acid groups (broad SMARTS) is 1. The maximum Gasteiger partial charge on any atom is 0.392 e. The highest BCUT2D eigenvalue weighted by Gasteiger charge is 2.46. The average Bonchev–Trinajstić information content (AvgIpc) is 2.55. The maximum atomic E-state index is 12.6. The highest BCUT2D eigenvalue weighted by Crippen LogP contribution is 2.39. The van der Waals surface area contributed by atoms with Gasteiger partial charge in [-0.3, -0.25) is 4.79 Å². The molecule has 1 aromatic rings. The van der Waals surface area contributed by atoms with Gasteiger partial charge in [0.1, 0.15) is 5.76 Å². The van der Waals surface area contributed by atoms with E-state index in [1.54, 1.807) is 0 Å². The molecule has 1 aliphatic rings. The normalized spacial score (nSPS) is 19.8. The summed E-state index contributed by atoms with van der Waals surface area (Å²) in [6.07, 6.45) is -5.63. The van der Waals surface area contributed by atoms with E-state index in [1.165, 1.54) is 6.92 Å². The van der Waals surface area contributed by atoms with Crippen LogP contribution in [0.2, 0.25) is 0 Å². The van der Waals surface area contributed by atoms with Crippen LogP contribution in [0.25, 0.3) is 0 Å². The number of fused-ring (bicyclic) bond motifs is 1. The first-order valence-corrected chi connectivity index (χ1v) is 5.17. The fraction of sp³-hybridized carbons (Fsp3) is 0.455. The Morgan fingerprint density at radius 2 is 2.00 bits per heavy atom. The topological polar surface area (TPSA) is 67.5 Å². The Labute approximate surface area is 99.4 Å². The zero-order valence-corrected chi connectivity index (χ0v) is 9.30. The molecule has 0 bridgehead atoms. The van der Waals surface area contributed by atoms with Crippen LogP contribution in [0.15, 0.2) is 4.42 Å². The van der Waals surface area contributed by atoms with Gasteiger partial charge in [0.15, 0.2) is 5.78 Å². The summed E-state index contributed by atoms with van der Waals surface area (Å²) in [5, 5.41) is 8.80. The monoisotopic (exact) mass is 262 g/mol. The van der Waals surface area contributed by atoms with Gasteiger partial charge < -0.3 is 9.52 Å². The van der Waals surface area contributed by atoms with Crippen LogP contribution in [-0.2, 0) is 6.42 Å². The Morgan fingerprint density at radius 3 is 2.50 bits per heavy atom. The number of ketones is 1. The van der Waals surface area contributed by atoms with Gasteiger partial charge in [-0.25, -0.2) is 4.79 Å². The molecule has 0 fully saturated rings. The number of carbonyl (C=O) groups excluding carboxylic acids is 1. The van der Waals surface area contributed by atoms with Gasteiger partial charge in [0.05, 0.1) is 11.5 Å². The predicted molar refractivity (Wildman–Crippen MR) is 52.6 cm³/mol. The van der Waals surface area contributed by atoms with Crippen molar-refractivity contribution in [3.8, 4) is 0 Å². The maximum absolute atomic E-state index is 12.6. The van der Waals surface area contributed by atoms with Crippen molar-refractivity contribution in [2.45, 2.75) is 25.9 Å². The summed E-state index contributed by atoms with van der Waals surface area (Å²) in [7, 11) is 0. The first-order chi connectivity index (χ1) is 8.21. The standard InChI is InChI=1S/C11H9F3O4/c1-4-8-6(15)2-5(11(12,13)14)3-7(8)18-9(4)10(16)17/h5H,2-3H2,1H3,(H,16,17)/t5-/m1/s1. The van der Waals surface area contributed by atoms with Crippen LogP contribution in [0.3, 0.4) is 0 Å². The number of carboxylic acids is 1. The third kappa shape index (κ3) is 1.89. The lowest BCUT2D eigenvalue weighted by Gasteiger charge is -2.22. The number of carbonyl (C=O) groups is 2. The number of furan rings is 1. The number of hydrogen-bond donors (Lipinski definition) is 1. The summed E-state index contributed by atoms with van der Waals surface area (Å²) in [6, 6.07) is 0. The second-order valence-corrected chi connectivity index (χ2v) is 4.23. The molecule has 18 heavy (non-hydrogen) atoms. The van der Waals surface area contributed by atoms with Gasteiger partial charge in [0.25, 0.3) is 0 Å². The summed E-state index contributed by atoms with van der Waals surface area (Å²) >= 11 is 0. The highest BCUT2D eigenvalue weighted by molar-refractivity contribution is 6.02. The molecule has 0 saturated heterocycles. The smallest absolute Gasteiger partial charge is 0.392 e. The van der Waals surface area contributed by atoms with Gasteiger partial charge in [0, 0.05) is 18.4 Å². The molecule has 0 aromatic carbocycles. The van der Waals surface area contributed by atoms with Crippen LogP contribution in [-0.4, -0.2) is 23.0 Å². The zero-order valence-electron chi connectivity index (χ0n) is 9.30. The van der Waals surface area contributed by atoms with Crippen LogP contribution < -0.4 is 0 Å². The predicted octanol–water partition coefficient (Wildman–Crippen LogP) is 2.59. The van der Waals surface area contributed by atoms with E-state index >= 15 is 0 Å². The fourth-order valence-electron chi connectivity index (χ4n) is 2.14. The summed E-state index contributed by atoms with van der Waals surface area (Å²) < 4.78 is 42.6. The number of aromatic carboxylic acids is 1. The minimum atomic E-state index is -4.49. The Morgan fingerprint density at radius 1 is 1.39 bits per heavy atom. The van der Waals surface area contributed by atoms with Crippen molar-refractivity contribution in [3.05, 3.63) is 22.6 Å². The molecule has 0 unspecified atom stereocenters. The second kappa shape index (κ2) is 3.86. The Bertz CT molecular complexity index is 527. The van der Waals surface area contributed by atoms with E-state index < -0.39 is 42.4 Å². The van der Waals surface area contributed by atoms with Crippen LogP contribution >= 0.6 is 0 Å². The number of Topliss-reactive ketones (excluding diaryl/α,β-unsaturated/α-hetero) is 1. The van der Waals surface area contributed by atoms with E-state index in [1.807, 2.05) is 0 Å². The molecule has 0 aliphatic heterocycles. The lowest BCUT2D eigenvalue weighted by molar-refractivity contribution is -0.174. The van der Waals surface area contributed by atoms with Crippen LogP contribution in [0, 0.1) is 12.8 Å². The minimum absolute atomic E-state index is 0.00657. The van der Waals surface area contributed by atoms with E-state index in [4.69, 9.17) is 9.52 Å². The second-order valence-electron chi connectivity index (χ2n) is 4.23. The van der Waals surface area contributed by atoms with E-state index in [2.05, 4.69) is 0 Å². The summed E-state index contributed by atoms with van der Waals surface area (Å²) in [4.78, 5) is 22.4. The molecule has 7 heteroatoms. The molecule has 0 amide bonds. The van der Waals surface area contributed by atoms with Crippen molar-refractivity contribution in [2.75, 3.05) is 0 Å². The molecule has 4 nitrogen and oxygen atoms in total. The molecule has 1 aromatic heterocycles. The van der Waals surface area contributed by atoms with Gasteiger partial charge in [-0.15, -0.1) is 0 Å². The molecule has 98 valence electrons. The van der Waals surface area contributed by atoms with Crippen LogP contribution in [0.5, 0.6) is 0 Å². The van der Waals surface area contributed by atoms with Crippen molar-refractivity contribution in [1.29, 1.82) is 0 Å². The number of hydrogen-bond acceptors (Lipinski definition) is 3. The first-order valence-electron chi connectivity index (χ1n) is 5.17. The van der Waals surface area contributed by atoms with Crippen LogP contribution in [0.4, 0.5) is 13.2 Å². The third-order valence-electron chi connectivity index (χ3n) is 3.02. The van der Waals surface area contributed by atoms with Gasteiger partial charge in [-0.05, 0) is 6.92 Å². The molecule has 0 radical (unpaired) electrons. The molecule has 0 saturated carbocycles. The zero-order chi connectivity index (χ0) is 13.7. The molecule has 1 N–H and O–H groups in total. The lowest BCUT2D eigenvalue weighted by Crippen LogP contribution is -2.31. The van der Waals surface area contributed by atoms with Crippen molar-refractivity contribution >= 4 is 11.8 Å². The minimum Gasteiger partial charge on any atom is -0.475 e. The Kier molecular flexibility index (Phi) is 2.71. The van der Waals surface area contributed by atoms with Gasteiger partial charge in [-0.2, -0.15) is 13.2 Å². The largest absolute Gasteiger partial charge is 0.475 e. The Balaban J connectivity index is 2.47. The van der Waals surface area contributed by atoms with Crippen LogP contribution in [0.1, 0.15) is 38.7 Å². The molecular weight excluding hydrogens is 253 g/mol. The average molecular weight is 262 g/mol. The molecular formula is C11H9F3O4. The summed E-state index contributed by atoms with van der Waals surface area (Å²) in [6.45, 7) is 1.36. The quantitative estimate of drug-likeness (QED) is 0.844. The van der Waals surface area contributed by atoms with Gasteiger partial charge in [-0.1, -0.05) is 0 Å². The Hall–Kier alpha value is -1.79. The molecule has 2 rings (SSSR count). The lowest BCUT2D eigenvalue weighted by atomic mass is 9.85. The van der Waals surface area contributed by atoms with E-state index in [-0.39, 0.29) is 16.9 Å². The molecule has 1 heterocycles. The molecule has 1 aliphatic carbocycles. The van der Waals surface area contributed by atoms with Crippen molar-refractivity contribution in [1.82, 2.24) is 0 Å². The number of rotatable bonds is 1. The molecule has 1 atom stereocenters. The third-order valence-corrected chi connectivity index (χ3v) is 3.02. The van der Waals surface area contributed by atoms with Crippen molar-refractivity contribution < 1.29 is 32.3 Å². The van der Waals surface area contributed by atoms with Gasteiger partial charge in [0.2, 0.25) is 5.76 Å². The van der Waals surface area contributed by atoms with Gasteiger partial charge >= 0.3 is 12.1 Å². The number of alkyl halides is 3. The van der Waals surface area contributed by atoms with Crippen molar-refractivity contribution in [2.24, 2.45) is 5.92 Å². The molecule has 0 spiro atoms. The van der Waals surface area contributed by atoms with E-state index in [0.717, 1.165) is 0 Å². The first kappa shape index (κ1) is 12.7. The SMILES string of the molecule is Cc1c(C(=O)O)oc2c1C(=O)C[C@@H](C(F)(F)F)C2. The van der Waals surface area contributed by atoms with E-state index in [0.29, 0.717) is 0 Å². The highest BCUT2D eigenvalue weighted by atomic mass is 19.4. The fourth-order valence-corrected chi connectivity index (χ4v) is 2.14. The number of halogens is 3.